The standard InChI is InChI=1S/C19H19IN2/c1-19(2)14-8-4-7-11-17(14)22(3)18(19)12-13-21-16-10-6-5-9-15(16)20/h4-13H,1-3H3. The summed E-state index contributed by atoms with van der Waals surface area (Å²) in [5.41, 5.74) is 4.92. The fourth-order valence-corrected chi connectivity index (χ4v) is 3.57. The average Bonchev–Trinajstić information content (AvgIpc) is 2.70. The highest BCUT2D eigenvalue weighted by atomic mass is 127. The summed E-state index contributed by atoms with van der Waals surface area (Å²) in [4.78, 5) is 6.86. The fourth-order valence-electron chi connectivity index (χ4n) is 3.05. The number of halogens is 1. The molecule has 2 nitrogen and oxygen atoms in total. The maximum absolute atomic E-state index is 4.60. The van der Waals surface area contributed by atoms with Gasteiger partial charge in [0.25, 0.3) is 0 Å². The Hall–Kier alpha value is -1.62. The molecule has 0 radical (unpaired) electrons. The topological polar surface area (TPSA) is 15.6 Å². The second-order valence-corrected chi connectivity index (χ2v) is 7.14. The number of hydrogen-bond acceptors (Lipinski definition) is 2. The minimum Gasteiger partial charge on any atom is -0.347 e. The van der Waals surface area contributed by atoms with Gasteiger partial charge in [-0.25, -0.2) is 0 Å². The largest absolute Gasteiger partial charge is 0.347 e. The lowest BCUT2D eigenvalue weighted by Crippen LogP contribution is -2.23. The smallest absolute Gasteiger partial charge is 0.0762 e. The quantitative estimate of drug-likeness (QED) is 0.492. The van der Waals surface area contributed by atoms with Gasteiger partial charge in [0.05, 0.1) is 5.69 Å². The van der Waals surface area contributed by atoms with Crippen LogP contribution in [0.4, 0.5) is 11.4 Å². The van der Waals surface area contributed by atoms with E-state index in [0.29, 0.717) is 0 Å². The van der Waals surface area contributed by atoms with Crippen molar-refractivity contribution >= 4 is 40.2 Å². The molecular weight excluding hydrogens is 383 g/mol. The average molecular weight is 402 g/mol. The molecule has 0 unspecified atom stereocenters. The molecule has 1 aliphatic rings. The Kier molecular flexibility index (Phi) is 4.08. The molecule has 0 fully saturated rings. The van der Waals surface area contributed by atoms with Crippen molar-refractivity contribution in [3.63, 3.8) is 0 Å². The summed E-state index contributed by atoms with van der Waals surface area (Å²) in [7, 11) is 2.12. The Balaban J connectivity index is 1.94. The molecular formula is C19H19IN2. The normalized spacial score (nSPS) is 18.2. The number of para-hydroxylation sites is 2. The molecule has 1 aliphatic heterocycles. The van der Waals surface area contributed by atoms with Crippen molar-refractivity contribution in [2.75, 3.05) is 11.9 Å². The van der Waals surface area contributed by atoms with Crippen LogP contribution in [0.1, 0.15) is 19.4 Å². The lowest BCUT2D eigenvalue weighted by atomic mass is 9.84. The molecule has 1 heterocycles. The van der Waals surface area contributed by atoms with Crippen LogP contribution in [0.25, 0.3) is 0 Å². The zero-order valence-corrected chi connectivity index (χ0v) is 15.2. The van der Waals surface area contributed by atoms with Crippen molar-refractivity contribution in [3.05, 3.63) is 69.4 Å². The first-order valence-electron chi connectivity index (χ1n) is 7.34. The van der Waals surface area contributed by atoms with E-state index < -0.39 is 0 Å². The van der Waals surface area contributed by atoms with E-state index in [4.69, 9.17) is 0 Å². The summed E-state index contributed by atoms with van der Waals surface area (Å²) in [5, 5.41) is 0. The molecule has 0 aromatic heterocycles. The van der Waals surface area contributed by atoms with Gasteiger partial charge in [-0.1, -0.05) is 44.2 Å². The molecule has 22 heavy (non-hydrogen) atoms. The minimum absolute atomic E-state index is 0.00120. The van der Waals surface area contributed by atoms with Crippen LogP contribution >= 0.6 is 22.6 Å². The Bertz CT molecular complexity index is 760. The van der Waals surface area contributed by atoms with Crippen molar-refractivity contribution in [2.45, 2.75) is 19.3 Å². The molecule has 112 valence electrons. The molecule has 0 spiro atoms. The highest BCUT2D eigenvalue weighted by Crippen LogP contribution is 2.46. The summed E-state index contributed by atoms with van der Waals surface area (Å²) in [6, 6.07) is 16.7. The van der Waals surface area contributed by atoms with E-state index in [1.54, 1.807) is 0 Å². The van der Waals surface area contributed by atoms with Crippen LogP contribution in [0.3, 0.4) is 0 Å². The van der Waals surface area contributed by atoms with Crippen LogP contribution in [0.5, 0.6) is 0 Å². The second kappa shape index (κ2) is 5.88. The van der Waals surface area contributed by atoms with Crippen LogP contribution in [0.2, 0.25) is 0 Å². The van der Waals surface area contributed by atoms with Crippen molar-refractivity contribution in [1.82, 2.24) is 0 Å². The van der Waals surface area contributed by atoms with Gasteiger partial charge in [-0.15, -0.1) is 0 Å². The van der Waals surface area contributed by atoms with E-state index in [9.17, 15) is 0 Å². The molecule has 0 aliphatic carbocycles. The predicted molar refractivity (Wildman–Crippen MR) is 103 cm³/mol. The number of fused-ring (bicyclic) bond motifs is 1. The third-order valence-corrected chi connectivity index (χ3v) is 5.15. The zero-order valence-electron chi connectivity index (χ0n) is 13.0. The van der Waals surface area contributed by atoms with Crippen molar-refractivity contribution < 1.29 is 0 Å². The number of hydrogen-bond donors (Lipinski definition) is 0. The van der Waals surface area contributed by atoms with Crippen LogP contribution in [0, 0.1) is 3.57 Å². The molecule has 2 aromatic rings. The van der Waals surface area contributed by atoms with E-state index in [0.717, 1.165) is 9.26 Å². The molecule has 0 saturated heterocycles. The van der Waals surface area contributed by atoms with Gasteiger partial charge in [-0.2, -0.15) is 0 Å². The number of likely N-dealkylation sites (N-methyl/N-ethyl adjacent to an activating group) is 1. The van der Waals surface area contributed by atoms with Gasteiger partial charge in [-0.3, -0.25) is 4.99 Å². The maximum Gasteiger partial charge on any atom is 0.0762 e. The van der Waals surface area contributed by atoms with Crippen molar-refractivity contribution in [3.8, 4) is 0 Å². The lowest BCUT2D eigenvalue weighted by Gasteiger charge is -2.23. The van der Waals surface area contributed by atoms with E-state index in [2.05, 4.69) is 89.8 Å². The molecule has 0 amide bonds. The second-order valence-electron chi connectivity index (χ2n) is 5.98. The van der Waals surface area contributed by atoms with Gasteiger partial charge < -0.3 is 4.90 Å². The van der Waals surface area contributed by atoms with Crippen molar-refractivity contribution in [1.29, 1.82) is 0 Å². The number of benzene rings is 2. The van der Waals surface area contributed by atoms with Crippen LogP contribution in [-0.2, 0) is 5.41 Å². The molecule has 0 atom stereocenters. The monoisotopic (exact) mass is 402 g/mol. The number of allylic oxidation sites excluding steroid dienone is 2. The van der Waals surface area contributed by atoms with Crippen LogP contribution in [-0.4, -0.2) is 13.3 Å². The summed E-state index contributed by atoms with van der Waals surface area (Å²) < 4.78 is 1.16. The molecule has 3 rings (SSSR count). The third-order valence-electron chi connectivity index (χ3n) is 4.24. The summed E-state index contributed by atoms with van der Waals surface area (Å²) in [5.74, 6) is 0. The Morgan fingerprint density at radius 3 is 2.45 bits per heavy atom. The summed E-state index contributed by atoms with van der Waals surface area (Å²) in [6.45, 7) is 4.53. The first-order chi connectivity index (χ1) is 10.5. The molecule has 2 aromatic carbocycles. The van der Waals surface area contributed by atoms with E-state index in [-0.39, 0.29) is 5.41 Å². The van der Waals surface area contributed by atoms with Gasteiger partial charge >= 0.3 is 0 Å². The van der Waals surface area contributed by atoms with Gasteiger partial charge in [0, 0.05) is 33.6 Å². The van der Waals surface area contributed by atoms with E-state index in [1.807, 2.05) is 24.4 Å². The Labute approximate surface area is 145 Å². The van der Waals surface area contributed by atoms with Gasteiger partial charge in [0.1, 0.15) is 0 Å². The van der Waals surface area contributed by atoms with Crippen LogP contribution < -0.4 is 4.90 Å². The first kappa shape index (κ1) is 15.3. The molecule has 0 bridgehead atoms. The van der Waals surface area contributed by atoms with Gasteiger partial charge in [0.2, 0.25) is 0 Å². The van der Waals surface area contributed by atoms with E-state index in [1.165, 1.54) is 16.9 Å². The number of rotatable bonds is 2. The van der Waals surface area contributed by atoms with E-state index >= 15 is 0 Å². The summed E-state index contributed by atoms with van der Waals surface area (Å²) >= 11 is 2.31. The number of aliphatic imine (C=N–C) groups is 1. The zero-order chi connectivity index (χ0) is 15.7. The fraction of sp³-hybridized carbons (Fsp3) is 0.211. The number of nitrogens with zero attached hydrogens (tertiary/aromatic N) is 2. The SMILES string of the molecule is CN1C(=CC=Nc2ccccc2I)C(C)(C)c2ccccc21. The minimum atomic E-state index is 0.00120. The van der Waals surface area contributed by atoms with Gasteiger partial charge in [0.15, 0.2) is 0 Å². The van der Waals surface area contributed by atoms with Crippen molar-refractivity contribution in [2.24, 2.45) is 4.99 Å². The Morgan fingerprint density at radius 2 is 1.73 bits per heavy atom. The van der Waals surface area contributed by atoms with Gasteiger partial charge in [-0.05, 0) is 52.4 Å². The predicted octanol–water partition coefficient (Wildman–Crippen LogP) is 5.31. The third kappa shape index (κ3) is 2.58. The Morgan fingerprint density at radius 1 is 1.05 bits per heavy atom. The summed E-state index contributed by atoms with van der Waals surface area (Å²) in [6.07, 6.45) is 4.04. The highest BCUT2D eigenvalue weighted by Gasteiger charge is 2.37. The highest BCUT2D eigenvalue weighted by molar-refractivity contribution is 14.1. The molecule has 3 heteroatoms. The van der Waals surface area contributed by atoms with Crippen LogP contribution in [0.15, 0.2) is 65.3 Å². The lowest BCUT2D eigenvalue weighted by molar-refractivity contribution is 0.641. The molecule has 0 saturated carbocycles. The maximum atomic E-state index is 4.60. The molecule has 0 N–H and O–H groups in total. The number of anilines is 1. The first-order valence-corrected chi connectivity index (χ1v) is 8.42.